The normalized spacial score (nSPS) is 10.2. The van der Waals surface area contributed by atoms with Crippen LogP contribution in [0, 0.1) is 12.7 Å². The first-order chi connectivity index (χ1) is 9.08. The molecule has 0 spiro atoms. The lowest BCUT2D eigenvalue weighted by Gasteiger charge is -2.10. The molecule has 0 aliphatic heterocycles. The molecule has 0 aliphatic rings. The third-order valence-electron chi connectivity index (χ3n) is 2.65. The maximum Gasteiger partial charge on any atom is 0.338 e. The average molecular weight is 260 g/mol. The number of halogens is 1. The minimum Gasteiger partial charge on any atom is -0.486 e. The summed E-state index contributed by atoms with van der Waals surface area (Å²) in [6, 6.07) is 12.1. The van der Waals surface area contributed by atoms with Gasteiger partial charge in [0.05, 0.1) is 5.56 Å². The fraction of sp³-hybridized carbons (Fsp3) is 0.133. The molecule has 0 unspecified atom stereocenters. The fourth-order valence-corrected chi connectivity index (χ4v) is 1.73. The van der Waals surface area contributed by atoms with Gasteiger partial charge in [0.25, 0.3) is 0 Å². The number of ether oxygens (including phenoxy) is 1. The molecule has 2 aromatic rings. The van der Waals surface area contributed by atoms with E-state index in [4.69, 9.17) is 9.84 Å². The lowest BCUT2D eigenvalue weighted by Crippen LogP contribution is -2.05. The minimum absolute atomic E-state index is 0.0405. The van der Waals surface area contributed by atoms with Crippen LogP contribution in [0.5, 0.6) is 5.75 Å². The lowest BCUT2D eigenvalue weighted by molar-refractivity contribution is 0.0690. The largest absolute Gasteiger partial charge is 0.486 e. The summed E-state index contributed by atoms with van der Waals surface area (Å²) in [5.41, 5.74) is 1.16. The topological polar surface area (TPSA) is 46.5 Å². The van der Waals surface area contributed by atoms with Crippen molar-refractivity contribution in [1.29, 1.82) is 0 Å². The number of hydrogen-bond donors (Lipinski definition) is 1. The predicted molar refractivity (Wildman–Crippen MR) is 68.9 cm³/mol. The van der Waals surface area contributed by atoms with Crippen molar-refractivity contribution >= 4 is 5.97 Å². The number of rotatable bonds is 4. The molecular weight excluding hydrogens is 247 g/mol. The van der Waals surface area contributed by atoms with Gasteiger partial charge in [-0.1, -0.05) is 30.3 Å². The van der Waals surface area contributed by atoms with E-state index in [1.54, 1.807) is 6.92 Å². The number of carbonyl (C=O) groups is 1. The minimum atomic E-state index is -1.30. The highest BCUT2D eigenvalue weighted by molar-refractivity contribution is 5.88. The zero-order valence-electron chi connectivity index (χ0n) is 10.4. The first kappa shape index (κ1) is 13.1. The molecule has 2 aromatic carbocycles. The molecule has 0 amide bonds. The number of aryl methyl sites for hydroxylation is 1. The number of carboxylic acid groups (broad SMARTS) is 1. The Morgan fingerprint density at radius 3 is 2.58 bits per heavy atom. The van der Waals surface area contributed by atoms with Crippen LogP contribution in [0.1, 0.15) is 21.5 Å². The number of hydrogen-bond acceptors (Lipinski definition) is 2. The molecular formula is C15H13FO3. The van der Waals surface area contributed by atoms with Crippen LogP contribution in [-0.4, -0.2) is 11.1 Å². The highest BCUT2D eigenvalue weighted by Crippen LogP contribution is 2.24. The molecule has 0 aliphatic carbocycles. The van der Waals surface area contributed by atoms with E-state index < -0.39 is 11.8 Å². The van der Waals surface area contributed by atoms with Crippen molar-refractivity contribution in [1.82, 2.24) is 0 Å². The quantitative estimate of drug-likeness (QED) is 0.916. The maximum atomic E-state index is 13.9. The SMILES string of the molecule is Cc1cc(OCc2ccccc2)c(F)c(C(=O)O)c1. The predicted octanol–water partition coefficient (Wildman–Crippen LogP) is 3.41. The second kappa shape index (κ2) is 5.52. The third-order valence-corrected chi connectivity index (χ3v) is 2.65. The van der Waals surface area contributed by atoms with Crippen molar-refractivity contribution in [2.45, 2.75) is 13.5 Å². The lowest BCUT2D eigenvalue weighted by atomic mass is 10.1. The molecule has 98 valence electrons. The van der Waals surface area contributed by atoms with Crippen LogP contribution < -0.4 is 4.74 Å². The molecule has 0 radical (unpaired) electrons. The Hall–Kier alpha value is -2.36. The molecule has 0 saturated heterocycles. The highest BCUT2D eigenvalue weighted by Gasteiger charge is 2.16. The second-order valence-corrected chi connectivity index (χ2v) is 4.20. The van der Waals surface area contributed by atoms with Gasteiger partial charge in [-0.2, -0.15) is 0 Å². The smallest absolute Gasteiger partial charge is 0.338 e. The van der Waals surface area contributed by atoms with Crippen molar-refractivity contribution in [3.63, 3.8) is 0 Å². The summed E-state index contributed by atoms with van der Waals surface area (Å²) in [7, 11) is 0. The summed E-state index contributed by atoms with van der Waals surface area (Å²) in [5.74, 6) is -2.18. The fourth-order valence-electron chi connectivity index (χ4n) is 1.73. The monoisotopic (exact) mass is 260 g/mol. The van der Waals surface area contributed by atoms with E-state index in [9.17, 15) is 9.18 Å². The Kier molecular flexibility index (Phi) is 3.80. The molecule has 4 heteroatoms. The van der Waals surface area contributed by atoms with Crippen LogP contribution in [0.25, 0.3) is 0 Å². The Bertz CT molecular complexity index is 594. The number of benzene rings is 2. The molecule has 0 fully saturated rings. The molecule has 0 bridgehead atoms. The number of aromatic carboxylic acids is 1. The summed E-state index contributed by atoms with van der Waals surface area (Å²) >= 11 is 0. The van der Waals surface area contributed by atoms with Crippen LogP contribution in [0.4, 0.5) is 4.39 Å². The van der Waals surface area contributed by atoms with Gasteiger partial charge in [-0.25, -0.2) is 9.18 Å². The van der Waals surface area contributed by atoms with E-state index in [-0.39, 0.29) is 17.9 Å². The van der Waals surface area contributed by atoms with Gasteiger partial charge in [0.15, 0.2) is 11.6 Å². The van der Waals surface area contributed by atoms with Crippen LogP contribution in [0.3, 0.4) is 0 Å². The van der Waals surface area contributed by atoms with Gasteiger partial charge in [0.2, 0.25) is 0 Å². The Balaban J connectivity index is 2.23. The molecule has 2 rings (SSSR count). The summed E-state index contributed by atoms with van der Waals surface area (Å²) in [6.45, 7) is 1.89. The van der Waals surface area contributed by atoms with E-state index in [0.717, 1.165) is 5.56 Å². The summed E-state index contributed by atoms with van der Waals surface area (Å²) < 4.78 is 19.3. The first-order valence-electron chi connectivity index (χ1n) is 5.78. The number of carboxylic acids is 1. The van der Waals surface area contributed by atoms with Gasteiger partial charge in [0, 0.05) is 0 Å². The van der Waals surface area contributed by atoms with Crippen LogP contribution in [0.2, 0.25) is 0 Å². The van der Waals surface area contributed by atoms with E-state index in [0.29, 0.717) is 5.56 Å². The van der Waals surface area contributed by atoms with Crippen LogP contribution in [0.15, 0.2) is 42.5 Å². The van der Waals surface area contributed by atoms with Crippen molar-refractivity contribution in [3.8, 4) is 5.75 Å². The molecule has 0 aromatic heterocycles. The summed E-state index contributed by atoms with van der Waals surface area (Å²) in [4.78, 5) is 10.9. The van der Waals surface area contributed by atoms with Gasteiger partial charge in [-0.15, -0.1) is 0 Å². The third kappa shape index (κ3) is 3.10. The van der Waals surface area contributed by atoms with Crippen molar-refractivity contribution in [2.24, 2.45) is 0 Å². The van der Waals surface area contributed by atoms with Crippen molar-refractivity contribution < 1.29 is 19.0 Å². The molecule has 0 saturated carbocycles. The zero-order valence-corrected chi connectivity index (χ0v) is 10.4. The van der Waals surface area contributed by atoms with Gasteiger partial charge in [-0.05, 0) is 30.2 Å². The summed E-state index contributed by atoms with van der Waals surface area (Å²) in [5, 5.41) is 8.90. The zero-order chi connectivity index (χ0) is 13.8. The Morgan fingerprint density at radius 1 is 1.26 bits per heavy atom. The van der Waals surface area contributed by atoms with E-state index in [1.165, 1.54) is 12.1 Å². The molecule has 1 N–H and O–H groups in total. The Morgan fingerprint density at radius 2 is 1.95 bits per heavy atom. The second-order valence-electron chi connectivity index (χ2n) is 4.20. The summed E-state index contributed by atoms with van der Waals surface area (Å²) in [6.07, 6.45) is 0. The maximum absolute atomic E-state index is 13.9. The highest BCUT2D eigenvalue weighted by atomic mass is 19.1. The van der Waals surface area contributed by atoms with Crippen LogP contribution >= 0.6 is 0 Å². The standard InChI is InChI=1S/C15H13FO3/c1-10-7-12(15(17)18)14(16)13(8-10)19-9-11-5-3-2-4-6-11/h2-8H,9H2,1H3,(H,17,18). The van der Waals surface area contributed by atoms with E-state index in [1.807, 2.05) is 30.3 Å². The molecule has 19 heavy (non-hydrogen) atoms. The van der Waals surface area contributed by atoms with Gasteiger partial charge in [-0.3, -0.25) is 0 Å². The first-order valence-corrected chi connectivity index (χ1v) is 5.78. The van der Waals surface area contributed by atoms with Gasteiger partial charge >= 0.3 is 5.97 Å². The average Bonchev–Trinajstić information content (AvgIpc) is 2.40. The van der Waals surface area contributed by atoms with Gasteiger partial charge < -0.3 is 9.84 Å². The van der Waals surface area contributed by atoms with Crippen molar-refractivity contribution in [2.75, 3.05) is 0 Å². The van der Waals surface area contributed by atoms with Crippen LogP contribution in [-0.2, 0) is 6.61 Å². The molecule has 0 atom stereocenters. The molecule has 0 heterocycles. The van der Waals surface area contributed by atoms with Crippen molar-refractivity contribution in [3.05, 3.63) is 65.0 Å². The molecule has 3 nitrogen and oxygen atoms in total. The van der Waals surface area contributed by atoms with E-state index in [2.05, 4.69) is 0 Å². The Labute approximate surface area is 110 Å². The van der Waals surface area contributed by atoms with Gasteiger partial charge in [0.1, 0.15) is 6.61 Å². The van der Waals surface area contributed by atoms with E-state index >= 15 is 0 Å².